The summed E-state index contributed by atoms with van der Waals surface area (Å²) in [5, 5.41) is 3.30. The Balaban J connectivity index is 2.69. The molecule has 2 N–H and O–H groups in total. The molecule has 17 heavy (non-hydrogen) atoms. The number of ether oxygens (including phenoxy) is 1. The summed E-state index contributed by atoms with van der Waals surface area (Å²) in [6.45, 7) is 8.27. The van der Waals surface area contributed by atoms with Gasteiger partial charge in [0.05, 0.1) is 0 Å². The smallest absolute Gasteiger partial charge is 0.128 e. The van der Waals surface area contributed by atoms with E-state index in [0.717, 1.165) is 30.1 Å². The molecule has 0 unspecified atom stereocenters. The Bertz CT molecular complexity index is 355. The van der Waals surface area contributed by atoms with E-state index in [1.807, 2.05) is 30.5 Å². The molecule has 0 spiro atoms. The summed E-state index contributed by atoms with van der Waals surface area (Å²) in [5.74, 6) is 0.876. The third-order valence-electron chi connectivity index (χ3n) is 2.24. The van der Waals surface area contributed by atoms with Gasteiger partial charge in [-0.05, 0) is 25.3 Å². The van der Waals surface area contributed by atoms with Crippen LogP contribution in [-0.4, -0.2) is 26.0 Å². The second kappa shape index (κ2) is 8.03. The lowest BCUT2D eigenvalue weighted by atomic mass is 10.1. The first-order valence-corrected chi connectivity index (χ1v) is 6.94. The maximum Gasteiger partial charge on any atom is 0.128 e. The Kier molecular flexibility index (Phi) is 6.58. The largest absolute Gasteiger partial charge is 0.492 e. The Morgan fingerprint density at radius 2 is 2.29 bits per heavy atom. The zero-order chi connectivity index (χ0) is 12.5. The third kappa shape index (κ3) is 4.32. The lowest BCUT2D eigenvalue weighted by Crippen LogP contribution is -2.14. The summed E-state index contributed by atoms with van der Waals surface area (Å²) < 4.78 is 8.88. The second-order valence-corrected chi connectivity index (χ2v) is 4.10. The highest BCUT2D eigenvalue weighted by atomic mass is 32.2. The normalized spacial score (nSPS) is 10.0. The third-order valence-corrected chi connectivity index (χ3v) is 2.74. The van der Waals surface area contributed by atoms with Gasteiger partial charge < -0.3 is 10.1 Å². The predicted octanol–water partition coefficient (Wildman–Crippen LogP) is 3.01. The molecular formula is C13H20N2OS. The summed E-state index contributed by atoms with van der Waals surface area (Å²) in [5.41, 5.74) is 2.09. The maximum absolute atomic E-state index is 5.73. The van der Waals surface area contributed by atoms with E-state index in [1.54, 1.807) is 11.9 Å². The molecule has 1 rings (SSSR count). The van der Waals surface area contributed by atoms with Crippen LogP contribution in [0.2, 0.25) is 0 Å². The number of nitrogens with one attached hydrogen (secondary N) is 2. The average molecular weight is 252 g/mol. The van der Waals surface area contributed by atoms with Crippen LogP contribution in [0.25, 0.3) is 6.08 Å². The highest BCUT2D eigenvalue weighted by Gasteiger charge is 2.05. The molecule has 0 heterocycles. The molecule has 0 radical (unpaired) electrons. The van der Waals surface area contributed by atoms with Crippen LogP contribution >= 0.6 is 11.9 Å². The SMILES string of the molecule is C=Cc1c(NCC)cccc1OCCNSC. The maximum atomic E-state index is 5.73. The van der Waals surface area contributed by atoms with Gasteiger partial charge >= 0.3 is 0 Å². The van der Waals surface area contributed by atoms with E-state index in [9.17, 15) is 0 Å². The zero-order valence-electron chi connectivity index (χ0n) is 10.5. The van der Waals surface area contributed by atoms with Crippen LogP contribution in [-0.2, 0) is 0 Å². The van der Waals surface area contributed by atoms with Gasteiger partial charge in [-0.3, -0.25) is 4.72 Å². The van der Waals surface area contributed by atoms with Crippen LogP contribution < -0.4 is 14.8 Å². The molecule has 1 aromatic carbocycles. The van der Waals surface area contributed by atoms with E-state index >= 15 is 0 Å². The van der Waals surface area contributed by atoms with Crippen LogP contribution in [0.5, 0.6) is 5.75 Å². The predicted molar refractivity (Wildman–Crippen MR) is 77.7 cm³/mol. The molecule has 4 heteroatoms. The number of hydrogen-bond donors (Lipinski definition) is 2. The molecule has 0 bridgehead atoms. The van der Waals surface area contributed by atoms with Gasteiger partial charge in [-0.15, -0.1) is 0 Å². The van der Waals surface area contributed by atoms with Crippen molar-refractivity contribution in [3.05, 3.63) is 30.3 Å². The van der Waals surface area contributed by atoms with E-state index in [2.05, 4.69) is 23.5 Å². The first-order chi connectivity index (χ1) is 8.33. The zero-order valence-corrected chi connectivity index (χ0v) is 11.3. The van der Waals surface area contributed by atoms with Crippen molar-refractivity contribution >= 4 is 23.7 Å². The molecule has 0 saturated heterocycles. The van der Waals surface area contributed by atoms with Gasteiger partial charge in [-0.1, -0.05) is 30.7 Å². The molecule has 0 aliphatic rings. The number of hydrogen-bond acceptors (Lipinski definition) is 4. The molecule has 0 atom stereocenters. The monoisotopic (exact) mass is 252 g/mol. The Morgan fingerprint density at radius 3 is 2.94 bits per heavy atom. The van der Waals surface area contributed by atoms with E-state index in [0.29, 0.717) is 6.61 Å². The highest BCUT2D eigenvalue weighted by Crippen LogP contribution is 2.27. The number of rotatable bonds is 8. The van der Waals surface area contributed by atoms with Gasteiger partial charge in [0, 0.05) is 24.3 Å². The fourth-order valence-electron chi connectivity index (χ4n) is 1.53. The van der Waals surface area contributed by atoms with Gasteiger partial charge in [0.25, 0.3) is 0 Å². The fraction of sp³-hybridized carbons (Fsp3) is 0.385. The number of anilines is 1. The van der Waals surface area contributed by atoms with Crippen molar-refractivity contribution in [3.63, 3.8) is 0 Å². The van der Waals surface area contributed by atoms with E-state index < -0.39 is 0 Å². The Labute approximate surface area is 108 Å². The Hall–Kier alpha value is -1.13. The molecule has 94 valence electrons. The van der Waals surface area contributed by atoms with Gasteiger partial charge in [-0.25, -0.2) is 0 Å². The summed E-state index contributed by atoms with van der Waals surface area (Å²) in [4.78, 5) is 0. The summed E-state index contributed by atoms with van der Waals surface area (Å²) in [6.07, 6.45) is 3.83. The quantitative estimate of drug-likeness (QED) is 0.550. The second-order valence-electron chi connectivity index (χ2n) is 3.40. The van der Waals surface area contributed by atoms with Crippen LogP contribution in [0.4, 0.5) is 5.69 Å². The summed E-state index contributed by atoms with van der Waals surface area (Å²) in [6, 6.07) is 5.99. The summed E-state index contributed by atoms with van der Waals surface area (Å²) in [7, 11) is 0. The Morgan fingerprint density at radius 1 is 1.47 bits per heavy atom. The van der Waals surface area contributed by atoms with Crippen LogP contribution in [0.1, 0.15) is 12.5 Å². The standard InChI is InChI=1S/C13H20N2OS/c1-4-11-12(14-5-2)7-6-8-13(11)16-10-9-15-17-3/h4,6-8,14-15H,1,5,9-10H2,2-3H3. The van der Waals surface area contributed by atoms with Crippen LogP contribution in [0.15, 0.2) is 24.8 Å². The van der Waals surface area contributed by atoms with Gasteiger partial charge in [-0.2, -0.15) is 0 Å². The fourth-order valence-corrected chi connectivity index (χ4v) is 1.82. The van der Waals surface area contributed by atoms with Crippen molar-refractivity contribution in [2.45, 2.75) is 6.92 Å². The van der Waals surface area contributed by atoms with E-state index in [-0.39, 0.29) is 0 Å². The van der Waals surface area contributed by atoms with Gasteiger partial charge in [0.1, 0.15) is 12.4 Å². The van der Waals surface area contributed by atoms with Crippen molar-refractivity contribution in [2.75, 3.05) is 31.3 Å². The topological polar surface area (TPSA) is 33.3 Å². The van der Waals surface area contributed by atoms with E-state index in [4.69, 9.17) is 4.74 Å². The molecule has 0 aliphatic carbocycles. The highest BCUT2D eigenvalue weighted by molar-refractivity contribution is 7.96. The van der Waals surface area contributed by atoms with Crippen molar-refractivity contribution < 1.29 is 4.74 Å². The van der Waals surface area contributed by atoms with Gasteiger partial charge in [0.15, 0.2) is 0 Å². The number of benzene rings is 1. The lowest BCUT2D eigenvalue weighted by molar-refractivity contribution is 0.324. The van der Waals surface area contributed by atoms with E-state index in [1.165, 1.54) is 0 Å². The molecule has 0 fully saturated rings. The minimum atomic E-state index is 0.650. The molecule has 0 saturated carbocycles. The minimum Gasteiger partial charge on any atom is -0.492 e. The molecule has 1 aromatic rings. The molecular weight excluding hydrogens is 232 g/mol. The first kappa shape index (κ1) is 13.9. The summed E-state index contributed by atoms with van der Waals surface area (Å²) >= 11 is 1.60. The lowest BCUT2D eigenvalue weighted by Gasteiger charge is -2.13. The minimum absolute atomic E-state index is 0.650. The molecule has 0 aromatic heterocycles. The molecule has 0 amide bonds. The van der Waals surface area contributed by atoms with Crippen molar-refractivity contribution in [2.24, 2.45) is 0 Å². The van der Waals surface area contributed by atoms with Crippen LogP contribution in [0.3, 0.4) is 0 Å². The average Bonchev–Trinajstić information content (AvgIpc) is 2.35. The van der Waals surface area contributed by atoms with Crippen molar-refractivity contribution in [1.29, 1.82) is 0 Å². The van der Waals surface area contributed by atoms with Crippen molar-refractivity contribution in [3.8, 4) is 5.75 Å². The molecule has 0 aliphatic heterocycles. The first-order valence-electron chi connectivity index (χ1n) is 5.71. The molecule has 3 nitrogen and oxygen atoms in total. The van der Waals surface area contributed by atoms with Crippen molar-refractivity contribution in [1.82, 2.24) is 4.72 Å². The van der Waals surface area contributed by atoms with Gasteiger partial charge in [0.2, 0.25) is 0 Å². The van der Waals surface area contributed by atoms with Crippen LogP contribution in [0, 0.1) is 0 Å².